The molecule has 18 heavy (non-hydrogen) atoms. The molecule has 0 radical (unpaired) electrons. The van der Waals surface area contributed by atoms with Crippen molar-refractivity contribution in [3.8, 4) is 0 Å². The minimum absolute atomic E-state index is 0.759. The van der Waals surface area contributed by atoms with Crippen molar-refractivity contribution in [3.63, 3.8) is 0 Å². The summed E-state index contributed by atoms with van der Waals surface area (Å²) in [5.41, 5.74) is 0. The maximum absolute atomic E-state index is 9.98. The zero-order valence-corrected chi connectivity index (χ0v) is 12.6. The smallest absolute Gasteiger partial charge is 0.119 e. The summed E-state index contributed by atoms with van der Waals surface area (Å²) < 4.78 is 0. The summed E-state index contributed by atoms with van der Waals surface area (Å²) in [6.45, 7) is 2.24. The largest absolute Gasteiger partial charge is 0.303 e. The normalized spacial score (nSPS) is 14.7. The number of rotatable bonds is 9. The number of unbranched alkanes of at least 4 members (excludes halogenated alkanes) is 8. The second-order valence-corrected chi connectivity index (χ2v) is 5.55. The Morgan fingerprint density at radius 1 is 0.667 bits per heavy atom. The summed E-state index contributed by atoms with van der Waals surface area (Å²) in [5.74, 6) is 0. The van der Waals surface area contributed by atoms with Crippen LogP contribution < -0.4 is 0 Å². The molecule has 1 heteroatoms. The van der Waals surface area contributed by atoms with Crippen molar-refractivity contribution in [2.75, 3.05) is 0 Å². The number of carbonyl (C=O) groups is 1. The minimum atomic E-state index is 0.759. The number of hydrogen-bond acceptors (Lipinski definition) is 1. The highest BCUT2D eigenvalue weighted by atomic mass is 16.1. The zero-order chi connectivity index (χ0) is 13.3. The van der Waals surface area contributed by atoms with E-state index in [0.29, 0.717) is 0 Å². The molecule has 1 saturated carbocycles. The molecule has 0 amide bonds. The number of hydrogen-bond donors (Lipinski definition) is 0. The summed E-state index contributed by atoms with van der Waals surface area (Å²) in [7, 11) is 0. The van der Waals surface area contributed by atoms with Gasteiger partial charge in [0.15, 0.2) is 0 Å². The second kappa shape index (κ2) is 16.7. The lowest BCUT2D eigenvalue weighted by Crippen LogP contribution is -1.85. The van der Waals surface area contributed by atoms with E-state index in [1.807, 2.05) is 0 Å². The molecule has 0 atom stereocenters. The van der Waals surface area contributed by atoms with Crippen molar-refractivity contribution in [1.82, 2.24) is 0 Å². The molecule has 108 valence electrons. The van der Waals surface area contributed by atoms with Crippen LogP contribution in [-0.2, 0) is 4.79 Å². The van der Waals surface area contributed by atoms with Gasteiger partial charge in [-0.25, -0.2) is 0 Å². The lowest BCUT2D eigenvalue weighted by atomic mass is 10.0. The van der Waals surface area contributed by atoms with E-state index in [1.54, 1.807) is 0 Å². The van der Waals surface area contributed by atoms with Crippen LogP contribution in [-0.4, -0.2) is 6.29 Å². The molecule has 0 saturated heterocycles. The van der Waals surface area contributed by atoms with E-state index in [-0.39, 0.29) is 0 Å². The van der Waals surface area contributed by atoms with Crippen LogP contribution in [0.5, 0.6) is 0 Å². The molecule has 0 aromatic heterocycles. The molecule has 1 rings (SSSR count). The van der Waals surface area contributed by atoms with Crippen LogP contribution in [0.4, 0.5) is 0 Å². The summed E-state index contributed by atoms with van der Waals surface area (Å²) in [6, 6.07) is 0. The van der Waals surface area contributed by atoms with E-state index in [2.05, 4.69) is 6.92 Å². The first kappa shape index (κ1) is 17.7. The Balaban J connectivity index is 0.000000397. The molecular weight excluding hydrogens is 220 g/mol. The van der Waals surface area contributed by atoms with Crippen molar-refractivity contribution in [2.24, 2.45) is 0 Å². The fourth-order valence-electron chi connectivity index (χ4n) is 2.42. The highest BCUT2D eigenvalue weighted by Gasteiger charge is 1.95. The van der Waals surface area contributed by atoms with Gasteiger partial charge in [0.25, 0.3) is 0 Å². The molecule has 0 heterocycles. The van der Waals surface area contributed by atoms with Crippen molar-refractivity contribution in [2.45, 2.75) is 103 Å². The van der Waals surface area contributed by atoms with Crippen LogP contribution in [0, 0.1) is 0 Å². The predicted molar refractivity (Wildman–Crippen MR) is 81.0 cm³/mol. The molecule has 0 N–H and O–H groups in total. The first-order valence-electron chi connectivity index (χ1n) is 8.35. The summed E-state index contributed by atoms with van der Waals surface area (Å²) in [6.07, 6.45) is 21.3. The van der Waals surface area contributed by atoms with Gasteiger partial charge >= 0.3 is 0 Å². The van der Waals surface area contributed by atoms with Crippen molar-refractivity contribution in [3.05, 3.63) is 0 Å². The molecule has 1 aliphatic carbocycles. The molecule has 0 aromatic carbocycles. The summed E-state index contributed by atoms with van der Waals surface area (Å²) in [5, 5.41) is 0. The maximum Gasteiger partial charge on any atom is 0.119 e. The second-order valence-electron chi connectivity index (χ2n) is 5.55. The van der Waals surface area contributed by atoms with Crippen LogP contribution in [0.2, 0.25) is 0 Å². The summed E-state index contributed by atoms with van der Waals surface area (Å²) >= 11 is 0. The Labute approximate surface area is 115 Å². The maximum atomic E-state index is 9.98. The van der Waals surface area contributed by atoms with E-state index in [1.165, 1.54) is 83.5 Å². The molecule has 0 aromatic rings. The Morgan fingerprint density at radius 3 is 1.44 bits per heavy atom. The fourth-order valence-corrected chi connectivity index (χ4v) is 2.42. The van der Waals surface area contributed by atoms with Crippen molar-refractivity contribution < 1.29 is 4.79 Å². The highest BCUT2D eigenvalue weighted by Crippen LogP contribution is 2.15. The SMILES string of the molecule is C1CCCCC1.CCCCCCCCCCC=O. The quantitative estimate of drug-likeness (QED) is 0.361. The fraction of sp³-hybridized carbons (Fsp3) is 0.941. The average molecular weight is 254 g/mol. The third kappa shape index (κ3) is 15.7. The molecule has 0 aliphatic heterocycles. The lowest BCUT2D eigenvalue weighted by molar-refractivity contribution is -0.107. The van der Waals surface area contributed by atoms with Gasteiger partial charge in [-0.2, -0.15) is 0 Å². The van der Waals surface area contributed by atoms with Gasteiger partial charge in [0.05, 0.1) is 0 Å². The molecular formula is C17H34O. The van der Waals surface area contributed by atoms with Gasteiger partial charge in [0, 0.05) is 6.42 Å². The van der Waals surface area contributed by atoms with E-state index < -0.39 is 0 Å². The van der Waals surface area contributed by atoms with E-state index in [0.717, 1.165) is 19.1 Å². The van der Waals surface area contributed by atoms with Gasteiger partial charge in [0.2, 0.25) is 0 Å². The third-order valence-corrected chi connectivity index (χ3v) is 3.68. The van der Waals surface area contributed by atoms with Gasteiger partial charge in [-0.1, -0.05) is 90.4 Å². The average Bonchev–Trinajstić information content (AvgIpc) is 2.44. The Hall–Kier alpha value is -0.330. The first-order chi connectivity index (χ1) is 8.91. The minimum Gasteiger partial charge on any atom is -0.303 e. The molecule has 1 fully saturated rings. The Morgan fingerprint density at radius 2 is 1.06 bits per heavy atom. The zero-order valence-electron chi connectivity index (χ0n) is 12.6. The molecule has 0 spiro atoms. The predicted octanol–water partition coefficient (Wildman–Crippen LogP) is 6.06. The highest BCUT2D eigenvalue weighted by molar-refractivity contribution is 5.48. The first-order valence-corrected chi connectivity index (χ1v) is 8.35. The van der Waals surface area contributed by atoms with Gasteiger partial charge < -0.3 is 4.79 Å². The van der Waals surface area contributed by atoms with Crippen LogP contribution in [0.1, 0.15) is 103 Å². The molecule has 1 aliphatic rings. The molecule has 1 nitrogen and oxygen atoms in total. The van der Waals surface area contributed by atoms with E-state index in [4.69, 9.17) is 0 Å². The van der Waals surface area contributed by atoms with Crippen LogP contribution in [0.15, 0.2) is 0 Å². The van der Waals surface area contributed by atoms with Crippen molar-refractivity contribution in [1.29, 1.82) is 0 Å². The van der Waals surface area contributed by atoms with Crippen LogP contribution in [0.3, 0.4) is 0 Å². The Bertz CT molecular complexity index is 138. The van der Waals surface area contributed by atoms with Crippen LogP contribution >= 0.6 is 0 Å². The summed E-state index contributed by atoms with van der Waals surface area (Å²) in [4.78, 5) is 9.98. The van der Waals surface area contributed by atoms with Gasteiger partial charge in [-0.3, -0.25) is 0 Å². The lowest BCUT2D eigenvalue weighted by Gasteiger charge is -2.05. The Kier molecular flexibility index (Phi) is 16.4. The van der Waals surface area contributed by atoms with E-state index in [9.17, 15) is 4.79 Å². The number of aldehydes is 1. The van der Waals surface area contributed by atoms with Gasteiger partial charge in [-0.15, -0.1) is 0 Å². The topological polar surface area (TPSA) is 17.1 Å². The number of carbonyl (C=O) groups excluding carboxylic acids is 1. The standard InChI is InChI=1S/C11H22O.C6H12/c1-2-3-4-5-6-7-8-9-10-11-12;1-2-4-6-5-3-1/h11H,2-10H2,1H3;1-6H2. The monoisotopic (exact) mass is 254 g/mol. The van der Waals surface area contributed by atoms with Crippen LogP contribution in [0.25, 0.3) is 0 Å². The van der Waals surface area contributed by atoms with E-state index >= 15 is 0 Å². The van der Waals surface area contributed by atoms with Gasteiger partial charge in [0.1, 0.15) is 6.29 Å². The van der Waals surface area contributed by atoms with Crippen molar-refractivity contribution >= 4 is 6.29 Å². The molecule has 0 bridgehead atoms. The molecule has 0 unspecified atom stereocenters. The van der Waals surface area contributed by atoms with Gasteiger partial charge in [-0.05, 0) is 6.42 Å². The third-order valence-electron chi connectivity index (χ3n) is 3.68.